The van der Waals surface area contributed by atoms with E-state index in [2.05, 4.69) is 7.05 Å². The lowest BCUT2D eigenvalue weighted by molar-refractivity contribution is -0.927. The monoisotopic (exact) mass is 210 g/mol. The molecule has 0 amide bonds. The molecule has 15 heavy (non-hydrogen) atoms. The van der Waals surface area contributed by atoms with Crippen molar-refractivity contribution in [1.29, 1.82) is 0 Å². The van der Waals surface area contributed by atoms with Crippen LogP contribution in [0.3, 0.4) is 0 Å². The summed E-state index contributed by atoms with van der Waals surface area (Å²) < 4.78 is 1.27. The molecule has 3 unspecified atom stereocenters. The zero-order valence-electron chi connectivity index (χ0n) is 9.86. The Hall–Kier alpha value is -0.0800. The summed E-state index contributed by atoms with van der Waals surface area (Å²) in [5.41, 5.74) is 0. The first kappa shape index (κ1) is 10.1. The van der Waals surface area contributed by atoms with Gasteiger partial charge in [0.05, 0.1) is 32.3 Å². The van der Waals surface area contributed by atoms with Crippen molar-refractivity contribution in [3.05, 3.63) is 0 Å². The highest BCUT2D eigenvalue weighted by molar-refractivity contribution is 4.94. The third-order valence-electron chi connectivity index (χ3n) is 5.51. The molecule has 1 heterocycles. The predicted octanol–water partition coefficient (Wildman–Crippen LogP) is 1.78. The Balaban J connectivity index is 1.81. The van der Waals surface area contributed by atoms with Crippen molar-refractivity contribution in [3.63, 3.8) is 0 Å². The second-order valence-corrected chi connectivity index (χ2v) is 6.27. The fraction of sp³-hybridized carbons (Fsp3) is 1.00. The van der Waals surface area contributed by atoms with Crippen LogP contribution in [0.2, 0.25) is 0 Å². The summed E-state index contributed by atoms with van der Waals surface area (Å²) >= 11 is 0. The maximum atomic E-state index is 10.2. The highest BCUT2D eigenvalue weighted by Gasteiger charge is 2.51. The number of nitrogens with zero attached hydrogens (tertiary/aromatic N) is 1. The molecule has 3 fully saturated rings. The van der Waals surface area contributed by atoms with Crippen LogP contribution in [0, 0.1) is 11.8 Å². The van der Waals surface area contributed by atoms with Crippen molar-refractivity contribution >= 4 is 0 Å². The van der Waals surface area contributed by atoms with Gasteiger partial charge in [-0.05, 0) is 25.2 Å². The second-order valence-electron chi connectivity index (χ2n) is 6.27. The summed E-state index contributed by atoms with van der Waals surface area (Å²) in [4.78, 5) is 0. The topological polar surface area (TPSA) is 20.2 Å². The molecule has 0 aromatic carbocycles. The number of quaternary nitrogens is 1. The Labute approximate surface area is 92.9 Å². The molecule has 4 atom stereocenters. The maximum absolute atomic E-state index is 10.2. The van der Waals surface area contributed by atoms with E-state index >= 15 is 0 Å². The van der Waals surface area contributed by atoms with Crippen molar-refractivity contribution in [2.75, 3.05) is 20.1 Å². The molecule has 3 rings (SSSR count). The van der Waals surface area contributed by atoms with Gasteiger partial charge < -0.3 is 9.59 Å². The highest BCUT2D eigenvalue weighted by Crippen LogP contribution is 2.46. The summed E-state index contributed by atoms with van der Waals surface area (Å²) in [6.07, 6.45) is 8.10. The molecule has 2 aliphatic carbocycles. The molecule has 0 aromatic rings. The average Bonchev–Trinajstić information content (AvgIpc) is 2.72. The van der Waals surface area contributed by atoms with Gasteiger partial charge >= 0.3 is 0 Å². The minimum atomic E-state index is 0.0410. The standard InChI is InChI=1S/C13H24NO/c1-14(8-2-3-9-14)12-7-5-10-4-6-11(12)13(10)15/h10-13,15H,2-9H2,1H3/q+1/t10?,11?,12?,13-/m1/s1. The van der Waals surface area contributed by atoms with Crippen LogP contribution in [0.5, 0.6) is 0 Å². The van der Waals surface area contributed by atoms with E-state index in [4.69, 9.17) is 0 Å². The van der Waals surface area contributed by atoms with Gasteiger partial charge in [0.15, 0.2) is 0 Å². The number of hydrogen-bond donors (Lipinski definition) is 1. The first-order valence-electron chi connectivity index (χ1n) is 6.73. The third kappa shape index (κ3) is 1.45. The van der Waals surface area contributed by atoms with Gasteiger partial charge in [-0.15, -0.1) is 0 Å². The zero-order valence-corrected chi connectivity index (χ0v) is 9.86. The Kier molecular flexibility index (Phi) is 2.33. The van der Waals surface area contributed by atoms with E-state index in [1.807, 2.05) is 0 Å². The van der Waals surface area contributed by atoms with Crippen LogP contribution >= 0.6 is 0 Å². The Morgan fingerprint density at radius 1 is 1.00 bits per heavy atom. The van der Waals surface area contributed by atoms with Crippen molar-refractivity contribution in [3.8, 4) is 0 Å². The molecule has 2 bridgehead atoms. The Morgan fingerprint density at radius 3 is 2.40 bits per heavy atom. The van der Waals surface area contributed by atoms with Crippen molar-refractivity contribution in [1.82, 2.24) is 0 Å². The Bertz CT molecular complexity index is 247. The lowest BCUT2D eigenvalue weighted by atomic mass is 9.80. The molecule has 2 heteroatoms. The van der Waals surface area contributed by atoms with Crippen molar-refractivity contribution < 1.29 is 9.59 Å². The van der Waals surface area contributed by atoms with Crippen molar-refractivity contribution in [2.45, 2.75) is 50.7 Å². The first-order valence-corrected chi connectivity index (χ1v) is 6.73. The summed E-state index contributed by atoms with van der Waals surface area (Å²) in [6, 6.07) is 0.779. The largest absolute Gasteiger partial charge is 0.392 e. The summed E-state index contributed by atoms with van der Waals surface area (Å²) in [6.45, 7) is 2.72. The normalized spacial score (nSPS) is 48.4. The van der Waals surface area contributed by atoms with Gasteiger partial charge in [0.25, 0.3) is 0 Å². The molecular formula is C13H24NO+. The van der Waals surface area contributed by atoms with E-state index in [0.717, 1.165) is 6.04 Å². The molecule has 86 valence electrons. The molecule has 1 N–H and O–H groups in total. The van der Waals surface area contributed by atoms with E-state index in [0.29, 0.717) is 11.8 Å². The van der Waals surface area contributed by atoms with Gasteiger partial charge in [-0.3, -0.25) is 0 Å². The maximum Gasteiger partial charge on any atom is 0.0941 e. The van der Waals surface area contributed by atoms with Crippen LogP contribution in [0.4, 0.5) is 0 Å². The van der Waals surface area contributed by atoms with Crippen LogP contribution in [0.25, 0.3) is 0 Å². The molecule has 1 saturated heterocycles. The summed E-state index contributed by atoms with van der Waals surface area (Å²) in [5.74, 6) is 1.28. The predicted molar refractivity (Wildman–Crippen MR) is 60.4 cm³/mol. The van der Waals surface area contributed by atoms with Crippen molar-refractivity contribution in [2.24, 2.45) is 11.8 Å². The Morgan fingerprint density at radius 2 is 1.67 bits per heavy atom. The van der Waals surface area contributed by atoms with Crippen LogP contribution in [0.1, 0.15) is 38.5 Å². The van der Waals surface area contributed by atoms with Gasteiger partial charge in [-0.25, -0.2) is 0 Å². The van der Waals surface area contributed by atoms with Gasteiger partial charge in [-0.2, -0.15) is 0 Å². The number of hydrogen-bond acceptors (Lipinski definition) is 1. The fourth-order valence-electron chi connectivity index (χ4n) is 4.60. The molecule has 0 radical (unpaired) electrons. The van der Waals surface area contributed by atoms with E-state index < -0.39 is 0 Å². The lowest BCUT2D eigenvalue weighted by Gasteiger charge is -2.45. The lowest BCUT2D eigenvalue weighted by Crippen LogP contribution is -2.56. The minimum absolute atomic E-state index is 0.0410. The molecule has 2 nitrogen and oxygen atoms in total. The van der Waals surface area contributed by atoms with Crippen LogP contribution < -0.4 is 0 Å². The minimum Gasteiger partial charge on any atom is -0.392 e. The molecular weight excluding hydrogens is 186 g/mol. The SMILES string of the molecule is C[N+]1(C2CCC3CCC2[C@@H]3O)CCCC1. The number of rotatable bonds is 1. The number of likely N-dealkylation sites (tertiary alicyclic amines) is 1. The van der Waals surface area contributed by atoms with Crippen LogP contribution in [-0.2, 0) is 0 Å². The third-order valence-corrected chi connectivity index (χ3v) is 5.51. The second kappa shape index (κ2) is 3.46. The molecule has 3 aliphatic rings. The number of aliphatic hydroxyl groups is 1. The van der Waals surface area contributed by atoms with E-state index in [1.165, 1.54) is 56.1 Å². The smallest absolute Gasteiger partial charge is 0.0941 e. The summed E-state index contributed by atoms with van der Waals surface area (Å²) in [5, 5.41) is 10.2. The fourth-order valence-corrected chi connectivity index (χ4v) is 4.60. The zero-order chi connectivity index (χ0) is 10.5. The first-order chi connectivity index (χ1) is 7.21. The quantitative estimate of drug-likeness (QED) is 0.654. The molecule has 1 aliphatic heterocycles. The van der Waals surface area contributed by atoms with E-state index in [9.17, 15) is 5.11 Å². The number of fused-ring (bicyclic) bond motifs is 2. The molecule has 0 spiro atoms. The highest BCUT2D eigenvalue weighted by atomic mass is 16.3. The number of aliphatic hydroxyl groups excluding tert-OH is 1. The van der Waals surface area contributed by atoms with Gasteiger partial charge in [0.2, 0.25) is 0 Å². The van der Waals surface area contributed by atoms with E-state index in [-0.39, 0.29) is 6.10 Å². The van der Waals surface area contributed by atoms with Gasteiger partial charge in [0, 0.05) is 25.2 Å². The van der Waals surface area contributed by atoms with Crippen LogP contribution in [0.15, 0.2) is 0 Å². The van der Waals surface area contributed by atoms with Crippen LogP contribution in [-0.4, -0.2) is 41.9 Å². The van der Waals surface area contributed by atoms with E-state index in [1.54, 1.807) is 0 Å². The van der Waals surface area contributed by atoms with Gasteiger partial charge in [-0.1, -0.05) is 0 Å². The molecule has 2 saturated carbocycles. The average molecular weight is 210 g/mol. The summed E-state index contributed by atoms with van der Waals surface area (Å²) in [7, 11) is 2.43. The molecule has 0 aromatic heterocycles. The van der Waals surface area contributed by atoms with Gasteiger partial charge in [0.1, 0.15) is 0 Å².